The molecule has 2 aliphatic rings. The number of hydroxylamine groups is 4. The van der Waals surface area contributed by atoms with Crippen LogP contribution in [0.5, 0.6) is 0 Å². The Morgan fingerprint density at radius 1 is 0.727 bits per heavy atom. The molecule has 22 heavy (non-hydrogen) atoms. The molecule has 0 radical (unpaired) electrons. The molecule has 2 heterocycles. The van der Waals surface area contributed by atoms with Gasteiger partial charge in [-0.1, -0.05) is 0 Å². The highest BCUT2D eigenvalue weighted by Crippen LogP contribution is 2.42. The van der Waals surface area contributed by atoms with E-state index in [4.69, 9.17) is 0 Å². The largest absolute Gasteiger partial charge is 0.784 e. The zero-order chi connectivity index (χ0) is 17.1. The standard InChI is InChI=1S/C17H33N3O2/c1-14(2)9-12(10-15(3,4)19(14)21)18-13-11-16(5,6)20(22)17(13,7)8/h12-13,18H,9-11H2,1-8H3/q-2. The Balaban J connectivity index is 2.15. The third-order valence-electron chi connectivity index (χ3n) is 5.66. The highest BCUT2D eigenvalue weighted by atomic mass is 16.5. The van der Waals surface area contributed by atoms with Crippen LogP contribution in [-0.4, -0.2) is 44.4 Å². The van der Waals surface area contributed by atoms with Crippen LogP contribution in [0.15, 0.2) is 0 Å². The molecule has 0 aromatic carbocycles. The number of hydrogen-bond acceptors (Lipinski definition) is 5. The van der Waals surface area contributed by atoms with Gasteiger partial charge in [-0.3, -0.25) is 0 Å². The van der Waals surface area contributed by atoms with Crippen molar-refractivity contribution in [2.45, 2.75) is 109 Å². The molecule has 2 rings (SSSR count). The van der Waals surface area contributed by atoms with Crippen molar-refractivity contribution in [1.82, 2.24) is 15.4 Å². The van der Waals surface area contributed by atoms with Crippen molar-refractivity contribution >= 4 is 0 Å². The summed E-state index contributed by atoms with van der Waals surface area (Å²) in [6, 6.07) is 0.413. The Morgan fingerprint density at radius 2 is 1.14 bits per heavy atom. The summed E-state index contributed by atoms with van der Waals surface area (Å²) >= 11 is 0. The Labute approximate surface area is 135 Å². The molecule has 130 valence electrons. The van der Waals surface area contributed by atoms with Crippen LogP contribution in [0.25, 0.3) is 0 Å². The van der Waals surface area contributed by atoms with E-state index >= 15 is 0 Å². The summed E-state index contributed by atoms with van der Waals surface area (Å²) in [6.07, 6.45) is 2.46. The van der Waals surface area contributed by atoms with E-state index in [2.05, 4.69) is 5.32 Å². The summed E-state index contributed by atoms with van der Waals surface area (Å²) in [5.74, 6) is 0. The van der Waals surface area contributed by atoms with E-state index in [1.165, 1.54) is 10.1 Å². The maximum Gasteiger partial charge on any atom is 0.0257 e. The second-order valence-corrected chi connectivity index (χ2v) is 9.71. The summed E-state index contributed by atoms with van der Waals surface area (Å²) in [5.41, 5.74) is -1.53. The minimum atomic E-state index is -0.424. The topological polar surface area (TPSA) is 64.6 Å². The minimum absolute atomic E-state index is 0.148. The Hall–Kier alpha value is -0.200. The van der Waals surface area contributed by atoms with Gasteiger partial charge < -0.3 is 25.9 Å². The molecule has 5 heteroatoms. The molecule has 1 N–H and O–H groups in total. The minimum Gasteiger partial charge on any atom is -0.784 e. The van der Waals surface area contributed by atoms with Crippen LogP contribution in [0.2, 0.25) is 0 Å². The van der Waals surface area contributed by atoms with Crippen LogP contribution in [0.4, 0.5) is 0 Å². The molecule has 2 saturated heterocycles. The van der Waals surface area contributed by atoms with Crippen molar-refractivity contribution < 1.29 is 0 Å². The van der Waals surface area contributed by atoms with E-state index in [-0.39, 0.29) is 28.7 Å². The normalized spacial score (nSPS) is 34.9. The first kappa shape index (κ1) is 18.1. The molecular formula is C17H33N3O2-2. The Bertz CT molecular complexity index is 414. The number of nitrogens with one attached hydrogen (secondary N) is 1. The quantitative estimate of drug-likeness (QED) is 0.848. The fraction of sp³-hybridized carbons (Fsp3) is 1.00. The average molecular weight is 311 g/mol. The van der Waals surface area contributed by atoms with E-state index in [9.17, 15) is 10.4 Å². The summed E-state index contributed by atoms with van der Waals surface area (Å²) in [4.78, 5) is 0. The Kier molecular flexibility index (Phi) is 4.25. The maximum atomic E-state index is 12.5. The zero-order valence-electron chi connectivity index (χ0n) is 15.5. The lowest BCUT2D eigenvalue weighted by atomic mass is 9.78. The molecule has 0 aromatic rings. The number of hydrogen-bond donors (Lipinski definition) is 1. The van der Waals surface area contributed by atoms with Gasteiger partial charge in [0, 0.05) is 34.2 Å². The van der Waals surface area contributed by atoms with Gasteiger partial charge in [-0.25, -0.2) is 0 Å². The predicted octanol–water partition coefficient (Wildman–Crippen LogP) is 3.22. The van der Waals surface area contributed by atoms with Crippen molar-refractivity contribution in [2.24, 2.45) is 0 Å². The van der Waals surface area contributed by atoms with Crippen LogP contribution in [0.3, 0.4) is 0 Å². The maximum absolute atomic E-state index is 12.5. The summed E-state index contributed by atoms with van der Waals surface area (Å²) in [7, 11) is 0. The molecule has 5 nitrogen and oxygen atoms in total. The molecule has 0 saturated carbocycles. The van der Waals surface area contributed by atoms with Crippen molar-refractivity contribution in [3.63, 3.8) is 0 Å². The van der Waals surface area contributed by atoms with Crippen molar-refractivity contribution in [1.29, 1.82) is 0 Å². The lowest BCUT2D eigenvalue weighted by Crippen LogP contribution is -2.63. The smallest absolute Gasteiger partial charge is 0.0257 e. The lowest BCUT2D eigenvalue weighted by Gasteiger charge is -2.60. The fourth-order valence-electron chi connectivity index (χ4n) is 4.68. The predicted molar refractivity (Wildman–Crippen MR) is 91.3 cm³/mol. The third kappa shape index (κ3) is 2.94. The third-order valence-corrected chi connectivity index (χ3v) is 5.66. The van der Waals surface area contributed by atoms with Gasteiger partial charge in [-0.15, -0.1) is 0 Å². The van der Waals surface area contributed by atoms with Crippen molar-refractivity contribution in [2.75, 3.05) is 0 Å². The van der Waals surface area contributed by atoms with E-state index < -0.39 is 5.54 Å². The first-order chi connectivity index (χ1) is 9.70. The molecule has 0 amide bonds. The van der Waals surface area contributed by atoms with Crippen molar-refractivity contribution in [3.05, 3.63) is 10.4 Å². The van der Waals surface area contributed by atoms with Gasteiger partial charge in [0.25, 0.3) is 0 Å². The molecule has 0 bridgehead atoms. The molecule has 1 unspecified atom stereocenters. The zero-order valence-corrected chi connectivity index (χ0v) is 15.5. The first-order valence-corrected chi connectivity index (χ1v) is 8.41. The van der Waals surface area contributed by atoms with Gasteiger partial charge in [-0.05, 0) is 74.7 Å². The summed E-state index contributed by atoms with van der Waals surface area (Å²) in [5, 5.41) is 31.2. The highest BCUT2D eigenvalue weighted by molar-refractivity contribution is 5.12. The van der Waals surface area contributed by atoms with Crippen LogP contribution >= 0.6 is 0 Å². The molecule has 0 aliphatic carbocycles. The summed E-state index contributed by atoms with van der Waals surface area (Å²) < 4.78 is 0. The lowest BCUT2D eigenvalue weighted by molar-refractivity contribution is -0.00328. The monoisotopic (exact) mass is 311 g/mol. The number of nitrogens with zero attached hydrogens (tertiary/aromatic N) is 2. The molecular weight excluding hydrogens is 278 g/mol. The van der Waals surface area contributed by atoms with Crippen LogP contribution in [0.1, 0.15) is 74.7 Å². The second-order valence-electron chi connectivity index (χ2n) is 9.71. The molecule has 2 aliphatic heterocycles. The van der Waals surface area contributed by atoms with E-state index in [0.29, 0.717) is 0 Å². The SMILES string of the molecule is CC1(C)CC(NC2CC(C)(C)N([O-])C2(C)C)CC(C)(C)N1[O-]. The van der Waals surface area contributed by atoms with Crippen molar-refractivity contribution in [3.8, 4) is 0 Å². The van der Waals surface area contributed by atoms with Crippen LogP contribution in [0, 0.1) is 10.4 Å². The second kappa shape index (κ2) is 5.15. The Morgan fingerprint density at radius 3 is 1.50 bits per heavy atom. The van der Waals surface area contributed by atoms with E-state index in [0.717, 1.165) is 19.3 Å². The number of rotatable bonds is 2. The van der Waals surface area contributed by atoms with E-state index in [1.807, 2.05) is 55.4 Å². The molecule has 0 aromatic heterocycles. The fourth-order valence-corrected chi connectivity index (χ4v) is 4.68. The highest BCUT2D eigenvalue weighted by Gasteiger charge is 2.48. The van der Waals surface area contributed by atoms with Gasteiger partial charge in [0.1, 0.15) is 0 Å². The van der Waals surface area contributed by atoms with Crippen LogP contribution < -0.4 is 5.32 Å². The summed E-state index contributed by atoms with van der Waals surface area (Å²) in [6.45, 7) is 16.1. The number of piperidine rings is 1. The van der Waals surface area contributed by atoms with Gasteiger partial charge in [0.2, 0.25) is 0 Å². The molecule has 1 atom stereocenters. The molecule has 2 fully saturated rings. The van der Waals surface area contributed by atoms with Gasteiger partial charge >= 0.3 is 0 Å². The van der Waals surface area contributed by atoms with Crippen LogP contribution in [-0.2, 0) is 0 Å². The van der Waals surface area contributed by atoms with Gasteiger partial charge in [-0.2, -0.15) is 0 Å². The first-order valence-electron chi connectivity index (χ1n) is 8.41. The van der Waals surface area contributed by atoms with Gasteiger partial charge in [0.15, 0.2) is 0 Å². The molecule has 0 spiro atoms. The average Bonchev–Trinajstić information content (AvgIpc) is 2.46. The van der Waals surface area contributed by atoms with Gasteiger partial charge in [0.05, 0.1) is 0 Å². The van der Waals surface area contributed by atoms with E-state index in [1.54, 1.807) is 0 Å².